The molecule has 1 aromatic heterocycles. The maximum Gasteiger partial charge on any atom is 0.235 e. The zero-order valence-electron chi connectivity index (χ0n) is 9.69. The van der Waals surface area contributed by atoms with Crippen molar-refractivity contribution in [2.24, 2.45) is 5.41 Å². The zero-order valence-corrected chi connectivity index (χ0v) is 10.5. The van der Waals surface area contributed by atoms with Gasteiger partial charge in [-0.25, -0.2) is 0 Å². The molecule has 16 heavy (non-hydrogen) atoms. The van der Waals surface area contributed by atoms with Crippen LogP contribution in [0.4, 0.5) is 5.00 Å². The summed E-state index contributed by atoms with van der Waals surface area (Å²) in [7, 11) is 1.80. The molecule has 0 atom stereocenters. The number of amides is 1. The molecule has 1 heterocycles. The van der Waals surface area contributed by atoms with Gasteiger partial charge in [-0.15, -0.1) is 11.3 Å². The van der Waals surface area contributed by atoms with E-state index in [2.05, 4.69) is 0 Å². The third kappa shape index (κ3) is 1.66. The first-order valence-electron chi connectivity index (χ1n) is 5.54. The standard InChI is InChI=1S/C12H17NO2S/c1-9-4-7-16-10(9)13(2)11(15)12(8-14)5-3-6-12/h4,7,14H,3,5-6,8H2,1-2H3. The second-order valence-electron chi connectivity index (χ2n) is 4.56. The van der Waals surface area contributed by atoms with Crippen LogP contribution in [0.2, 0.25) is 0 Å². The number of aliphatic hydroxyl groups is 1. The monoisotopic (exact) mass is 239 g/mol. The van der Waals surface area contributed by atoms with E-state index in [9.17, 15) is 9.90 Å². The molecular formula is C12H17NO2S. The molecule has 1 amide bonds. The molecule has 2 rings (SSSR count). The summed E-state index contributed by atoms with van der Waals surface area (Å²) in [4.78, 5) is 14.0. The van der Waals surface area contributed by atoms with Crippen LogP contribution in [0.3, 0.4) is 0 Å². The summed E-state index contributed by atoms with van der Waals surface area (Å²) in [5.74, 6) is 0.0619. The van der Waals surface area contributed by atoms with Gasteiger partial charge in [-0.3, -0.25) is 4.79 Å². The van der Waals surface area contributed by atoms with E-state index >= 15 is 0 Å². The van der Waals surface area contributed by atoms with Crippen LogP contribution in [0.1, 0.15) is 24.8 Å². The normalized spacial score (nSPS) is 17.9. The molecule has 1 aromatic rings. The number of carbonyl (C=O) groups is 1. The average molecular weight is 239 g/mol. The van der Waals surface area contributed by atoms with E-state index < -0.39 is 5.41 Å². The highest BCUT2D eigenvalue weighted by molar-refractivity contribution is 7.14. The van der Waals surface area contributed by atoms with E-state index in [-0.39, 0.29) is 12.5 Å². The lowest BCUT2D eigenvalue weighted by atomic mass is 9.68. The average Bonchev–Trinajstić information content (AvgIpc) is 2.62. The third-order valence-corrected chi connectivity index (χ3v) is 4.60. The van der Waals surface area contributed by atoms with Gasteiger partial charge in [0.15, 0.2) is 0 Å². The molecule has 0 radical (unpaired) electrons. The molecular weight excluding hydrogens is 222 g/mol. The van der Waals surface area contributed by atoms with Crippen LogP contribution in [-0.2, 0) is 4.79 Å². The lowest BCUT2D eigenvalue weighted by Crippen LogP contribution is -2.48. The highest BCUT2D eigenvalue weighted by Gasteiger charge is 2.45. The van der Waals surface area contributed by atoms with Gasteiger partial charge in [-0.2, -0.15) is 0 Å². The van der Waals surface area contributed by atoms with Gasteiger partial charge in [-0.05, 0) is 36.8 Å². The van der Waals surface area contributed by atoms with E-state index in [1.165, 1.54) is 0 Å². The van der Waals surface area contributed by atoms with Crippen molar-refractivity contribution in [3.8, 4) is 0 Å². The SMILES string of the molecule is Cc1ccsc1N(C)C(=O)C1(CO)CCC1. The van der Waals surface area contributed by atoms with Crippen LogP contribution in [0.15, 0.2) is 11.4 Å². The summed E-state index contributed by atoms with van der Waals surface area (Å²) >= 11 is 1.57. The number of aryl methyl sites for hydroxylation is 1. The molecule has 1 aliphatic carbocycles. The fourth-order valence-corrected chi connectivity index (χ4v) is 3.10. The summed E-state index contributed by atoms with van der Waals surface area (Å²) in [6.45, 7) is 1.97. The molecule has 0 aromatic carbocycles. The lowest BCUT2D eigenvalue weighted by molar-refractivity contribution is -0.136. The Morgan fingerprint density at radius 1 is 1.62 bits per heavy atom. The third-order valence-electron chi connectivity index (χ3n) is 3.51. The summed E-state index contributed by atoms with van der Waals surface area (Å²) in [6, 6.07) is 2.01. The van der Waals surface area contributed by atoms with Crippen molar-refractivity contribution < 1.29 is 9.90 Å². The van der Waals surface area contributed by atoms with Crippen molar-refractivity contribution in [1.29, 1.82) is 0 Å². The molecule has 1 N–H and O–H groups in total. The lowest BCUT2D eigenvalue weighted by Gasteiger charge is -2.40. The van der Waals surface area contributed by atoms with Gasteiger partial charge in [-0.1, -0.05) is 6.42 Å². The molecule has 0 aliphatic heterocycles. The van der Waals surface area contributed by atoms with E-state index in [1.807, 2.05) is 18.4 Å². The molecule has 0 unspecified atom stereocenters. The zero-order chi connectivity index (χ0) is 11.8. The fourth-order valence-electron chi connectivity index (χ4n) is 2.20. The Kier molecular flexibility index (Phi) is 3.04. The predicted molar refractivity (Wildman–Crippen MR) is 65.8 cm³/mol. The summed E-state index contributed by atoms with van der Waals surface area (Å²) in [5.41, 5.74) is 0.624. The minimum absolute atomic E-state index is 0.0272. The first kappa shape index (κ1) is 11.6. The van der Waals surface area contributed by atoms with Crippen molar-refractivity contribution in [3.05, 3.63) is 17.0 Å². The fraction of sp³-hybridized carbons (Fsp3) is 0.583. The van der Waals surface area contributed by atoms with Crippen molar-refractivity contribution in [1.82, 2.24) is 0 Å². The molecule has 0 saturated heterocycles. The number of hydrogen-bond donors (Lipinski definition) is 1. The summed E-state index contributed by atoms with van der Waals surface area (Å²) < 4.78 is 0. The molecule has 1 aliphatic rings. The quantitative estimate of drug-likeness (QED) is 0.878. The first-order valence-corrected chi connectivity index (χ1v) is 6.42. The molecule has 4 heteroatoms. The Labute approximate surface area is 99.7 Å². The van der Waals surface area contributed by atoms with E-state index in [0.29, 0.717) is 0 Å². The van der Waals surface area contributed by atoms with Crippen LogP contribution in [0.5, 0.6) is 0 Å². The second kappa shape index (κ2) is 4.18. The van der Waals surface area contributed by atoms with Gasteiger partial charge in [0.2, 0.25) is 5.91 Å². The topological polar surface area (TPSA) is 40.5 Å². The van der Waals surface area contributed by atoms with E-state index in [0.717, 1.165) is 29.8 Å². The first-order chi connectivity index (χ1) is 7.60. The number of hydrogen-bond acceptors (Lipinski definition) is 3. The van der Waals surface area contributed by atoms with E-state index in [1.54, 1.807) is 23.3 Å². The smallest absolute Gasteiger partial charge is 0.235 e. The largest absolute Gasteiger partial charge is 0.395 e. The highest BCUT2D eigenvalue weighted by atomic mass is 32.1. The van der Waals surface area contributed by atoms with Gasteiger partial charge in [0.1, 0.15) is 5.00 Å². The number of nitrogens with zero attached hydrogens (tertiary/aromatic N) is 1. The van der Waals surface area contributed by atoms with Crippen LogP contribution in [0, 0.1) is 12.3 Å². The molecule has 1 fully saturated rings. The Morgan fingerprint density at radius 2 is 2.31 bits per heavy atom. The van der Waals surface area contributed by atoms with Crippen molar-refractivity contribution in [2.45, 2.75) is 26.2 Å². The minimum Gasteiger partial charge on any atom is -0.395 e. The number of aliphatic hydroxyl groups excluding tert-OH is 1. The molecule has 1 saturated carbocycles. The van der Waals surface area contributed by atoms with Crippen LogP contribution in [0.25, 0.3) is 0 Å². The molecule has 0 bridgehead atoms. The van der Waals surface area contributed by atoms with Gasteiger partial charge in [0.25, 0.3) is 0 Å². The maximum atomic E-state index is 12.3. The van der Waals surface area contributed by atoms with Gasteiger partial charge in [0, 0.05) is 7.05 Å². The summed E-state index contributed by atoms with van der Waals surface area (Å²) in [5, 5.41) is 12.4. The molecule has 0 spiro atoms. The Morgan fingerprint density at radius 3 is 2.69 bits per heavy atom. The van der Waals surface area contributed by atoms with Crippen LogP contribution in [-0.4, -0.2) is 24.7 Å². The van der Waals surface area contributed by atoms with Gasteiger partial charge < -0.3 is 10.0 Å². The van der Waals surface area contributed by atoms with Crippen LogP contribution < -0.4 is 4.90 Å². The van der Waals surface area contributed by atoms with Crippen molar-refractivity contribution in [2.75, 3.05) is 18.6 Å². The van der Waals surface area contributed by atoms with Crippen molar-refractivity contribution in [3.63, 3.8) is 0 Å². The van der Waals surface area contributed by atoms with Crippen molar-refractivity contribution >= 4 is 22.2 Å². The second-order valence-corrected chi connectivity index (χ2v) is 5.46. The summed E-state index contributed by atoms with van der Waals surface area (Å²) in [6.07, 6.45) is 2.68. The number of rotatable bonds is 3. The molecule has 88 valence electrons. The Hall–Kier alpha value is -0.870. The van der Waals surface area contributed by atoms with E-state index in [4.69, 9.17) is 0 Å². The number of carbonyl (C=O) groups excluding carboxylic acids is 1. The number of anilines is 1. The van der Waals surface area contributed by atoms with Gasteiger partial charge >= 0.3 is 0 Å². The molecule has 3 nitrogen and oxygen atoms in total. The maximum absolute atomic E-state index is 12.3. The Balaban J connectivity index is 2.19. The number of thiophene rings is 1. The van der Waals surface area contributed by atoms with Gasteiger partial charge in [0.05, 0.1) is 12.0 Å². The highest BCUT2D eigenvalue weighted by Crippen LogP contribution is 2.43. The Bertz CT molecular complexity index is 390. The van der Waals surface area contributed by atoms with Crippen LogP contribution >= 0.6 is 11.3 Å². The minimum atomic E-state index is -0.495. The predicted octanol–water partition coefficient (Wildman–Crippen LogP) is 2.18.